The van der Waals surface area contributed by atoms with Crippen molar-refractivity contribution in [3.63, 3.8) is 0 Å². The summed E-state index contributed by atoms with van der Waals surface area (Å²) in [5, 5.41) is 3.31. The van der Waals surface area contributed by atoms with E-state index in [4.69, 9.17) is 27.9 Å². The molecule has 1 aromatic heterocycles. The molecule has 1 heterocycles. The summed E-state index contributed by atoms with van der Waals surface area (Å²) in [6.45, 7) is -0.406. The van der Waals surface area contributed by atoms with Crippen LogP contribution in [0.5, 0.6) is 0 Å². The van der Waals surface area contributed by atoms with Crippen LogP contribution in [0.3, 0.4) is 0 Å². The van der Waals surface area contributed by atoms with Crippen LogP contribution in [0.15, 0.2) is 34.1 Å². The number of nitrogens with one attached hydrogen (secondary N) is 1. The molecule has 0 bridgehead atoms. The third-order valence-electron chi connectivity index (χ3n) is 2.31. The third kappa shape index (κ3) is 4.71. The molecule has 110 valence electrons. The zero-order valence-electron chi connectivity index (χ0n) is 10.4. The summed E-state index contributed by atoms with van der Waals surface area (Å²) in [6.07, 6.45) is 0. The van der Waals surface area contributed by atoms with Gasteiger partial charge in [0, 0.05) is 5.02 Å². The van der Waals surface area contributed by atoms with Gasteiger partial charge in [-0.25, -0.2) is 4.79 Å². The number of hydrogen-bond donors (Lipinski definition) is 1. The number of thiophene rings is 1. The van der Waals surface area contributed by atoms with Gasteiger partial charge in [-0.1, -0.05) is 23.2 Å². The molecule has 0 atom stereocenters. The molecule has 0 aliphatic rings. The second-order valence-electron chi connectivity index (χ2n) is 3.85. The number of carbonyl (C=O) groups is 2. The number of hydrogen-bond acceptors (Lipinski definition) is 4. The largest absolute Gasteiger partial charge is 0.451 e. The molecule has 4 nitrogen and oxygen atoms in total. The van der Waals surface area contributed by atoms with E-state index in [-0.39, 0.29) is 0 Å². The van der Waals surface area contributed by atoms with Crippen LogP contribution in [0.2, 0.25) is 10.0 Å². The summed E-state index contributed by atoms with van der Waals surface area (Å²) in [6, 6.07) is 8.03. The first-order valence-corrected chi connectivity index (χ1v) is 7.99. The molecule has 0 unspecified atom stereocenters. The fraction of sp³-hybridized carbons (Fsp3) is 0.0769. The van der Waals surface area contributed by atoms with E-state index < -0.39 is 18.5 Å². The van der Waals surface area contributed by atoms with Crippen LogP contribution in [0.25, 0.3) is 0 Å². The maximum absolute atomic E-state index is 11.7. The lowest BCUT2D eigenvalue weighted by molar-refractivity contribution is -0.119. The highest BCUT2D eigenvalue weighted by molar-refractivity contribution is 9.11. The summed E-state index contributed by atoms with van der Waals surface area (Å²) >= 11 is 16.2. The summed E-state index contributed by atoms with van der Waals surface area (Å²) in [5.74, 6) is -1.05. The predicted octanol–water partition coefficient (Wildman–Crippen LogP) is 4.61. The number of benzene rings is 1. The Morgan fingerprint density at radius 2 is 2.00 bits per heavy atom. The van der Waals surface area contributed by atoms with Crippen molar-refractivity contribution in [1.29, 1.82) is 0 Å². The van der Waals surface area contributed by atoms with Crippen molar-refractivity contribution in [2.45, 2.75) is 0 Å². The van der Waals surface area contributed by atoms with Crippen molar-refractivity contribution in [1.82, 2.24) is 0 Å². The van der Waals surface area contributed by atoms with Crippen LogP contribution in [-0.4, -0.2) is 18.5 Å². The summed E-state index contributed by atoms with van der Waals surface area (Å²) in [4.78, 5) is 23.8. The first-order chi connectivity index (χ1) is 9.95. The standard InChI is InChI=1S/C13H8BrCl2NO3S/c14-11-4-3-10(21-11)13(19)20-6-12(18)17-9-5-7(15)1-2-8(9)16/h1-5H,6H2,(H,17,18). The van der Waals surface area contributed by atoms with E-state index in [1.807, 2.05) is 0 Å². The van der Waals surface area contributed by atoms with Crippen molar-refractivity contribution in [3.05, 3.63) is 49.0 Å². The van der Waals surface area contributed by atoms with Gasteiger partial charge in [0.1, 0.15) is 4.88 Å². The molecule has 1 aromatic carbocycles. The van der Waals surface area contributed by atoms with Crippen molar-refractivity contribution in [2.75, 3.05) is 11.9 Å². The number of amides is 1. The minimum Gasteiger partial charge on any atom is -0.451 e. The molecule has 0 aliphatic carbocycles. The molecule has 0 aliphatic heterocycles. The molecule has 0 spiro atoms. The Kier molecular flexibility index (Phi) is 5.64. The topological polar surface area (TPSA) is 55.4 Å². The van der Waals surface area contributed by atoms with Gasteiger partial charge < -0.3 is 10.1 Å². The minimum absolute atomic E-state index is 0.348. The molecule has 0 fully saturated rings. The van der Waals surface area contributed by atoms with Gasteiger partial charge in [0.25, 0.3) is 5.91 Å². The first kappa shape index (κ1) is 16.3. The normalized spacial score (nSPS) is 10.2. The fourth-order valence-electron chi connectivity index (χ4n) is 1.41. The highest BCUT2D eigenvalue weighted by Gasteiger charge is 2.13. The highest BCUT2D eigenvalue weighted by atomic mass is 79.9. The van der Waals surface area contributed by atoms with E-state index in [9.17, 15) is 9.59 Å². The zero-order valence-corrected chi connectivity index (χ0v) is 14.3. The number of rotatable bonds is 4. The Morgan fingerprint density at radius 3 is 2.67 bits per heavy atom. The molecule has 0 radical (unpaired) electrons. The second kappa shape index (κ2) is 7.26. The Labute approximate surface area is 143 Å². The molecule has 8 heteroatoms. The molecule has 0 saturated heterocycles. The summed E-state index contributed by atoms with van der Waals surface area (Å²) in [5.41, 5.74) is 0.365. The molecule has 1 N–H and O–H groups in total. The number of halogens is 3. The monoisotopic (exact) mass is 407 g/mol. The highest BCUT2D eigenvalue weighted by Crippen LogP contribution is 2.25. The molecule has 21 heavy (non-hydrogen) atoms. The number of anilines is 1. The van der Waals surface area contributed by atoms with E-state index in [1.165, 1.54) is 17.4 Å². The van der Waals surface area contributed by atoms with E-state index >= 15 is 0 Å². The van der Waals surface area contributed by atoms with Gasteiger partial charge in [-0.3, -0.25) is 4.79 Å². The van der Waals surface area contributed by atoms with Crippen LogP contribution in [0, 0.1) is 0 Å². The second-order valence-corrected chi connectivity index (χ2v) is 7.16. The molecule has 2 aromatic rings. The van der Waals surface area contributed by atoms with Gasteiger partial charge in [-0.2, -0.15) is 0 Å². The maximum Gasteiger partial charge on any atom is 0.348 e. The van der Waals surface area contributed by atoms with Crippen LogP contribution in [0.4, 0.5) is 5.69 Å². The fourth-order valence-corrected chi connectivity index (χ4v) is 3.02. The van der Waals surface area contributed by atoms with E-state index in [0.29, 0.717) is 20.6 Å². The van der Waals surface area contributed by atoms with Crippen molar-refractivity contribution in [3.8, 4) is 0 Å². The third-order valence-corrected chi connectivity index (χ3v) is 4.48. The Morgan fingerprint density at radius 1 is 1.24 bits per heavy atom. The maximum atomic E-state index is 11.7. The Balaban J connectivity index is 1.90. The SMILES string of the molecule is O=C(COC(=O)c1ccc(Br)s1)Nc1cc(Cl)ccc1Cl. The molecule has 0 saturated carbocycles. The van der Waals surface area contributed by atoms with Crippen LogP contribution in [-0.2, 0) is 9.53 Å². The molecule has 2 rings (SSSR count). The Bertz CT molecular complexity index is 690. The van der Waals surface area contributed by atoms with E-state index in [1.54, 1.807) is 24.3 Å². The first-order valence-electron chi connectivity index (χ1n) is 5.63. The van der Waals surface area contributed by atoms with Crippen molar-refractivity contribution in [2.24, 2.45) is 0 Å². The Hall–Kier alpha value is -1.08. The van der Waals surface area contributed by atoms with E-state index in [2.05, 4.69) is 21.2 Å². The van der Waals surface area contributed by atoms with Gasteiger partial charge in [-0.05, 0) is 46.3 Å². The van der Waals surface area contributed by atoms with E-state index in [0.717, 1.165) is 3.79 Å². The van der Waals surface area contributed by atoms with Crippen molar-refractivity contribution < 1.29 is 14.3 Å². The van der Waals surface area contributed by atoms with Crippen LogP contribution in [0.1, 0.15) is 9.67 Å². The molecule has 1 amide bonds. The molecular weight excluding hydrogens is 401 g/mol. The van der Waals surface area contributed by atoms with Gasteiger partial charge in [0.15, 0.2) is 6.61 Å². The molecular formula is C13H8BrCl2NO3S. The van der Waals surface area contributed by atoms with Gasteiger partial charge in [0.05, 0.1) is 14.5 Å². The smallest absolute Gasteiger partial charge is 0.348 e. The minimum atomic E-state index is -0.557. The predicted molar refractivity (Wildman–Crippen MR) is 87.4 cm³/mol. The van der Waals surface area contributed by atoms with Gasteiger partial charge >= 0.3 is 5.97 Å². The summed E-state index contributed by atoms with van der Waals surface area (Å²) in [7, 11) is 0. The quantitative estimate of drug-likeness (QED) is 0.751. The van der Waals surface area contributed by atoms with Crippen LogP contribution >= 0.6 is 50.5 Å². The zero-order chi connectivity index (χ0) is 15.4. The van der Waals surface area contributed by atoms with Crippen LogP contribution < -0.4 is 5.32 Å². The number of carbonyl (C=O) groups excluding carboxylic acids is 2. The average Bonchev–Trinajstić information content (AvgIpc) is 2.87. The average molecular weight is 409 g/mol. The van der Waals surface area contributed by atoms with Gasteiger partial charge in [0.2, 0.25) is 0 Å². The van der Waals surface area contributed by atoms with Gasteiger partial charge in [-0.15, -0.1) is 11.3 Å². The summed E-state index contributed by atoms with van der Waals surface area (Å²) < 4.78 is 5.72. The lowest BCUT2D eigenvalue weighted by atomic mass is 10.3. The van der Waals surface area contributed by atoms with Crippen molar-refractivity contribution >= 4 is 68.0 Å². The lowest BCUT2D eigenvalue weighted by Crippen LogP contribution is -2.20. The number of esters is 1. The number of ether oxygens (including phenoxy) is 1. The lowest BCUT2D eigenvalue weighted by Gasteiger charge is -2.08.